The van der Waals surface area contributed by atoms with E-state index in [1.165, 1.54) is 10.4 Å². The first-order valence-corrected chi connectivity index (χ1v) is 8.86. The average Bonchev–Trinajstić information content (AvgIpc) is 2.97. The Hall–Kier alpha value is -0.820. The third-order valence-electron chi connectivity index (χ3n) is 4.70. The molecule has 2 aliphatic rings. The molecule has 1 aromatic rings. The highest BCUT2D eigenvalue weighted by atomic mass is 35.5. The first-order valence-electron chi connectivity index (χ1n) is 7.04. The number of aryl methyl sites for hydroxylation is 1. The Bertz CT molecular complexity index is 677. The maximum atomic E-state index is 12.8. The van der Waals surface area contributed by atoms with Crippen molar-refractivity contribution in [3.05, 3.63) is 22.7 Å². The Balaban J connectivity index is 1.94. The van der Waals surface area contributed by atoms with Gasteiger partial charge in [-0.1, -0.05) is 11.6 Å². The molecule has 0 amide bonds. The normalized spacial score (nSPS) is 29.8. The number of benzene rings is 1. The molecular formula is C14H19ClN2O3S. The van der Waals surface area contributed by atoms with Crippen molar-refractivity contribution >= 4 is 27.3 Å². The quantitative estimate of drug-likeness (QED) is 0.807. The van der Waals surface area contributed by atoms with Crippen molar-refractivity contribution in [3.63, 3.8) is 0 Å². The van der Waals surface area contributed by atoms with Crippen LogP contribution in [0.5, 0.6) is 0 Å². The molecule has 5 nitrogen and oxygen atoms in total. The van der Waals surface area contributed by atoms with Gasteiger partial charge in [0, 0.05) is 19.0 Å². The highest BCUT2D eigenvalue weighted by Crippen LogP contribution is 2.40. The van der Waals surface area contributed by atoms with E-state index in [0.29, 0.717) is 23.7 Å². The van der Waals surface area contributed by atoms with Gasteiger partial charge >= 0.3 is 0 Å². The van der Waals surface area contributed by atoms with E-state index < -0.39 is 10.0 Å². The molecule has 116 valence electrons. The van der Waals surface area contributed by atoms with Crippen molar-refractivity contribution in [1.82, 2.24) is 4.31 Å². The number of aliphatic hydroxyl groups is 1. The number of rotatable bonds is 2. The molecule has 21 heavy (non-hydrogen) atoms. The van der Waals surface area contributed by atoms with E-state index in [9.17, 15) is 13.5 Å². The molecule has 1 aliphatic carbocycles. The average molecular weight is 331 g/mol. The van der Waals surface area contributed by atoms with E-state index in [2.05, 4.69) is 0 Å². The number of nitrogen functional groups attached to an aromatic ring is 1. The van der Waals surface area contributed by atoms with Crippen molar-refractivity contribution in [3.8, 4) is 0 Å². The van der Waals surface area contributed by atoms with Gasteiger partial charge in [0.15, 0.2) is 0 Å². The summed E-state index contributed by atoms with van der Waals surface area (Å²) in [5.41, 5.74) is 6.60. The summed E-state index contributed by atoms with van der Waals surface area (Å²) in [5.74, 6) is 0.324. The minimum absolute atomic E-state index is 0.0599. The van der Waals surface area contributed by atoms with Crippen LogP contribution in [0.2, 0.25) is 5.02 Å². The van der Waals surface area contributed by atoms with Crippen molar-refractivity contribution in [2.45, 2.75) is 30.8 Å². The van der Waals surface area contributed by atoms with Crippen LogP contribution >= 0.6 is 11.6 Å². The second-order valence-corrected chi connectivity index (χ2v) is 8.34. The number of aliphatic hydroxyl groups excluding tert-OH is 1. The predicted molar refractivity (Wildman–Crippen MR) is 81.6 cm³/mol. The largest absolute Gasteiger partial charge is 0.397 e. The van der Waals surface area contributed by atoms with E-state index >= 15 is 0 Å². The fraction of sp³-hybridized carbons (Fsp3) is 0.571. The molecule has 1 aliphatic heterocycles. The summed E-state index contributed by atoms with van der Waals surface area (Å²) >= 11 is 5.93. The van der Waals surface area contributed by atoms with Gasteiger partial charge in [-0.15, -0.1) is 0 Å². The van der Waals surface area contributed by atoms with Gasteiger partial charge in [-0.2, -0.15) is 4.31 Å². The van der Waals surface area contributed by atoms with E-state index in [1.54, 1.807) is 13.0 Å². The maximum Gasteiger partial charge on any atom is 0.243 e. The van der Waals surface area contributed by atoms with Crippen molar-refractivity contribution in [2.75, 3.05) is 18.8 Å². The lowest BCUT2D eigenvalue weighted by Gasteiger charge is -2.20. The first-order chi connectivity index (χ1) is 9.80. The van der Waals surface area contributed by atoms with Gasteiger partial charge in [0.2, 0.25) is 10.0 Å². The molecule has 0 radical (unpaired) electrons. The van der Waals surface area contributed by atoms with Gasteiger partial charge in [-0.05, 0) is 43.4 Å². The van der Waals surface area contributed by atoms with Crippen LogP contribution in [0.3, 0.4) is 0 Å². The van der Waals surface area contributed by atoms with Gasteiger partial charge in [-0.25, -0.2) is 8.42 Å². The van der Waals surface area contributed by atoms with Crippen LogP contribution in [-0.4, -0.2) is 37.0 Å². The number of hydrogen-bond donors (Lipinski definition) is 2. The fourth-order valence-corrected chi connectivity index (χ4v) is 5.47. The Morgan fingerprint density at radius 2 is 2.05 bits per heavy atom. The van der Waals surface area contributed by atoms with Gasteiger partial charge in [0.05, 0.1) is 21.7 Å². The van der Waals surface area contributed by atoms with E-state index in [1.807, 2.05) is 0 Å². The zero-order chi connectivity index (χ0) is 15.4. The van der Waals surface area contributed by atoms with Crippen LogP contribution in [0.15, 0.2) is 17.0 Å². The predicted octanol–water partition coefficient (Wildman–Crippen LogP) is 1.62. The molecule has 1 saturated carbocycles. The molecule has 0 spiro atoms. The number of anilines is 1. The molecule has 3 rings (SSSR count). The summed E-state index contributed by atoms with van der Waals surface area (Å²) in [6.07, 6.45) is 1.28. The number of nitrogens with two attached hydrogens (primary N) is 1. The van der Waals surface area contributed by atoms with E-state index in [-0.39, 0.29) is 28.5 Å². The van der Waals surface area contributed by atoms with Crippen LogP contribution in [0, 0.1) is 18.8 Å². The summed E-state index contributed by atoms with van der Waals surface area (Å²) in [5, 5.41) is 10.3. The monoisotopic (exact) mass is 330 g/mol. The maximum absolute atomic E-state index is 12.8. The Kier molecular flexibility index (Phi) is 3.68. The van der Waals surface area contributed by atoms with Gasteiger partial charge < -0.3 is 10.8 Å². The van der Waals surface area contributed by atoms with Crippen LogP contribution < -0.4 is 5.73 Å². The highest BCUT2D eigenvalue weighted by molar-refractivity contribution is 7.89. The van der Waals surface area contributed by atoms with Crippen LogP contribution in [-0.2, 0) is 10.0 Å². The molecular weight excluding hydrogens is 312 g/mol. The number of nitrogens with zero attached hydrogens (tertiary/aromatic N) is 1. The lowest BCUT2D eigenvalue weighted by Crippen LogP contribution is -2.31. The molecule has 2 fully saturated rings. The Labute approximate surface area is 129 Å². The molecule has 7 heteroatoms. The summed E-state index contributed by atoms with van der Waals surface area (Å²) in [6, 6.07) is 3.01. The van der Waals surface area contributed by atoms with Gasteiger partial charge in [-0.3, -0.25) is 0 Å². The second kappa shape index (κ2) is 5.12. The first kappa shape index (κ1) is 15.1. The molecule has 3 atom stereocenters. The van der Waals surface area contributed by atoms with Gasteiger partial charge in [0.25, 0.3) is 0 Å². The van der Waals surface area contributed by atoms with E-state index in [0.717, 1.165) is 12.8 Å². The summed E-state index contributed by atoms with van der Waals surface area (Å²) in [7, 11) is -3.59. The third kappa shape index (κ3) is 2.44. The molecule has 3 unspecified atom stereocenters. The smallest absolute Gasteiger partial charge is 0.243 e. The van der Waals surface area contributed by atoms with E-state index in [4.69, 9.17) is 17.3 Å². The number of sulfonamides is 1. The summed E-state index contributed by atoms with van der Waals surface area (Å²) in [4.78, 5) is 0.207. The highest BCUT2D eigenvalue weighted by Gasteiger charge is 2.46. The Morgan fingerprint density at radius 3 is 2.71 bits per heavy atom. The van der Waals surface area contributed by atoms with Crippen molar-refractivity contribution in [2.24, 2.45) is 11.8 Å². The molecule has 1 heterocycles. The van der Waals surface area contributed by atoms with Crippen LogP contribution in [0.25, 0.3) is 0 Å². The van der Waals surface area contributed by atoms with Crippen LogP contribution in [0.4, 0.5) is 5.69 Å². The minimum atomic E-state index is -3.59. The summed E-state index contributed by atoms with van der Waals surface area (Å²) < 4.78 is 27.1. The Morgan fingerprint density at radius 1 is 1.33 bits per heavy atom. The molecule has 0 aromatic heterocycles. The summed E-state index contributed by atoms with van der Waals surface area (Å²) in [6.45, 7) is 2.58. The zero-order valence-electron chi connectivity index (χ0n) is 11.8. The molecule has 1 aromatic carbocycles. The molecule has 1 saturated heterocycles. The lowest BCUT2D eigenvalue weighted by molar-refractivity contribution is 0.129. The number of fused-ring (bicyclic) bond motifs is 1. The van der Waals surface area contributed by atoms with Crippen molar-refractivity contribution < 1.29 is 13.5 Å². The topological polar surface area (TPSA) is 83.6 Å². The fourth-order valence-electron chi connectivity index (χ4n) is 3.48. The second-order valence-electron chi connectivity index (χ2n) is 6.03. The minimum Gasteiger partial charge on any atom is -0.397 e. The lowest BCUT2D eigenvalue weighted by atomic mass is 10.00. The van der Waals surface area contributed by atoms with Crippen molar-refractivity contribution in [1.29, 1.82) is 0 Å². The third-order valence-corrected chi connectivity index (χ3v) is 7.00. The zero-order valence-corrected chi connectivity index (χ0v) is 13.4. The molecule has 0 bridgehead atoms. The number of halogens is 1. The van der Waals surface area contributed by atoms with Crippen LogP contribution in [0.1, 0.15) is 18.4 Å². The SMILES string of the molecule is Cc1cc(Cl)c(N)cc1S(=O)(=O)N1CC2CCC(O)C2C1. The number of hydrogen-bond acceptors (Lipinski definition) is 4. The standard InChI is InChI=1S/C14H19ClN2O3S/c1-8-4-11(15)12(16)5-14(8)21(19,20)17-6-9-2-3-13(18)10(9)7-17/h4-5,9-10,13,18H,2-3,6-7,16H2,1H3. The molecule has 3 N–H and O–H groups in total. The van der Waals surface area contributed by atoms with Gasteiger partial charge in [0.1, 0.15) is 0 Å².